The van der Waals surface area contributed by atoms with Crippen molar-refractivity contribution in [2.45, 2.75) is 12.5 Å². The lowest BCUT2D eigenvalue weighted by Gasteiger charge is -2.25. The predicted octanol–water partition coefficient (Wildman–Crippen LogP) is 0.421. The van der Waals surface area contributed by atoms with Gasteiger partial charge in [-0.2, -0.15) is 0 Å². The molecule has 0 spiro atoms. The highest BCUT2D eigenvalue weighted by molar-refractivity contribution is 7.91. The van der Waals surface area contributed by atoms with E-state index < -0.39 is 18.4 Å². The Labute approximate surface area is 71.9 Å². The van der Waals surface area contributed by atoms with Gasteiger partial charge < -0.3 is 4.52 Å². The smallest absolute Gasteiger partial charge is 0.308 e. The Morgan fingerprint density at radius 3 is 2.58 bits per heavy atom. The monoisotopic (exact) mass is 212 g/mol. The zero-order valence-electron chi connectivity index (χ0n) is 6.30. The zero-order valence-corrected chi connectivity index (χ0v) is 8.01. The molecule has 2 fully saturated rings. The third-order valence-corrected chi connectivity index (χ3v) is 4.58. The van der Waals surface area contributed by atoms with E-state index in [9.17, 15) is 8.42 Å². The Hall–Kier alpha value is 0.260. The van der Waals surface area contributed by atoms with Gasteiger partial charge in [0.1, 0.15) is 0 Å². The Kier molecular flexibility index (Phi) is 2.35. The highest BCUT2D eigenvalue weighted by Gasteiger charge is 2.34. The van der Waals surface area contributed by atoms with Crippen LogP contribution in [-0.4, -0.2) is 32.8 Å². The van der Waals surface area contributed by atoms with Gasteiger partial charge in [0.05, 0.1) is 17.6 Å². The van der Waals surface area contributed by atoms with E-state index in [4.69, 9.17) is 13.6 Å². The van der Waals surface area contributed by atoms with E-state index >= 15 is 0 Å². The summed E-state index contributed by atoms with van der Waals surface area (Å²) in [5, 5.41) is 0. The second-order valence-corrected chi connectivity index (χ2v) is 6.13. The molecule has 0 saturated carbocycles. The molecule has 0 aromatic rings. The summed E-state index contributed by atoms with van der Waals surface area (Å²) in [7, 11) is -4.07. The standard InChI is InChI=1S/C5H9O5PS/c6-12(7)2-1-5(3-12)10-11-8-4-9-11/h5H,1-4H2. The first kappa shape index (κ1) is 8.84. The van der Waals surface area contributed by atoms with Crippen LogP contribution in [0.2, 0.25) is 0 Å². The Bertz CT molecular complexity index is 259. The summed E-state index contributed by atoms with van der Waals surface area (Å²) in [5.41, 5.74) is 0. The highest BCUT2D eigenvalue weighted by atomic mass is 32.2. The van der Waals surface area contributed by atoms with Gasteiger partial charge in [-0.25, -0.2) is 8.42 Å². The van der Waals surface area contributed by atoms with Crippen molar-refractivity contribution >= 4 is 18.4 Å². The molecule has 2 rings (SSSR count). The van der Waals surface area contributed by atoms with Crippen molar-refractivity contribution < 1.29 is 22.0 Å². The summed E-state index contributed by atoms with van der Waals surface area (Å²) in [4.78, 5) is 0. The first-order chi connectivity index (χ1) is 5.66. The SMILES string of the molecule is O=S1(=O)CCC(OP2OCO2)C1. The van der Waals surface area contributed by atoms with Crippen LogP contribution in [0, 0.1) is 0 Å². The quantitative estimate of drug-likeness (QED) is 0.621. The fraction of sp³-hybridized carbons (Fsp3) is 1.00. The van der Waals surface area contributed by atoms with Gasteiger partial charge in [-0.1, -0.05) is 0 Å². The summed E-state index contributed by atoms with van der Waals surface area (Å²) in [6.45, 7) is 0.269. The minimum atomic E-state index is -2.85. The Balaban J connectivity index is 1.83. The van der Waals surface area contributed by atoms with Crippen LogP contribution in [0.4, 0.5) is 0 Å². The van der Waals surface area contributed by atoms with Gasteiger partial charge in [-0.15, -0.1) is 0 Å². The van der Waals surface area contributed by atoms with Crippen molar-refractivity contribution in [3.8, 4) is 0 Å². The first-order valence-electron chi connectivity index (χ1n) is 3.59. The van der Waals surface area contributed by atoms with E-state index in [2.05, 4.69) is 0 Å². The minimum absolute atomic E-state index is 0.110. The van der Waals surface area contributed by atoms with Crippen molar-refractivity contribution in [3.63, 3.8) is 0 Å². The van der Waals surface area contributed by atoms with E-state index in [0.29, 0.717) is 6.42 Å². The molecule has 5 nitrogen and oxygen atoms in total. The van der Waals surface area contributed by atoms with Crippen LogP contribution in [0.15, 0.2) is 0 Å². The maximum atomic E-state index is 11.0. The lowest BCUT2D eigenvalue weighted by Crippen LogP contribution is -2.17. The van der Waals surface area contributed by atoms with Gasteiger partial charge in [0.2, 0.25) is 0 Å². The maximum absolute atomic E-state index is 11.0. The molecule has 0 aliphatic carbocycles. The van der Waals surface area contributed by atoms with Crippen LogP contribution in [0.1, 0.15) is 6.42 Å². The summed E-state index contributed by atoms with van der Waals surface area (Å²) in [5.74, 6) is 0.333. The number of hydrogen-bond donors (Lipinski definition) is 0. The molecular weight excluding hydrogens is 203 g/mol. The van der Waals surface area contributed by atoms with Gasteiger partial charge in [0.25, 0.3) is 0 Å². The first-order valence-corrected chi connectivity index (χ1v) is 6.50. The number of rotatable bonds is 2. The van der Waals surface area contributed by atoms with E-state index in [1.54, 1.807) is 0 Å². The second kappa shape index (κ2) is 3.20. The average Bonchev–Trinajstić information content (AvgIpc) is 2.21. The number of sulfone groups is 1. The molecule has 70 valence electrons. The zero-order chi connectivity index (χ0) is 8.60. The molecule has 2 aliphatic rings. The van der Waals surface area contributed by atoms with E-state index in [-0.39, 0.29) is 24.4 Å². The summed E-state index contributed by atoms with van der Waals surface area (Å²) in [6, 6.07) is 0. The molecule has 0 amide bonds. The molecule has 2 aliphatic heterocycles. The third-order valence-electron chi connectivity index (χ3n) is 1.74. The fourth-order valence-electron chi connectivity index (χ4n) is 1.12. The van der Waals surface area contributed by atoms with Crippen LogP contribution < -0.4 is 0 Å². The van der Waals surface area contributed by atoms with Crippen molar-refractivity contribution in [1.82, 2.24) is 0 Å². The molecule has 0 aromatic heterocycles. The second-order valence-electron chi connectivity index (χ2n) is 2.73. The third kappa shape index (κ3) is 1.95. The number of hydrogen-bond acceptors (Lipinski definition) is 5. The normalized spacial score (nSPS) is 34.8. The predicted molar refractivity (Wildman–Crippen MR) is 42.1 cm³/mol. The Morgan fingerprint density at radius 1 is 1.42 bits per heavy atom. The lowest BCUT2D eigenvalue weighted by molar-refractivity contribution is -0.0179. The highest BCUT2D eigenvalue weighted by Crippen LogP contribution is 2.49. The topological polar surface area (TPSA) is 61.8 Å². The summed E-state index contributed by atoms with van der Waals surface area (Å²) in [6.07, 6.45) is 0.342. The maximum Gasteiger partial charge on any atom is 0.337 e. The van der Waals surface area contributed by atoms with Crippen LogP contribution >= 0.6 is 8.60 Å². The molecule has 2 heterocycles. The molecule has 0 aromatic carbocycles. The average molecular weight is 212 g/mol. The molecule has 12 heavy (non-hydrogen) atoms. The Morgan fingerprint density at radius 2 is 2.17 bits per heavy atom. The van der Waals surface area contributed by atoms with E-state index in [0.717, 1.165) is 0 Å². The van der Waals surface area contributed by atoms with Gasteiger partial charge >= 0.3 is 8.60 Å². The molecular formula is C5H9O5PS. The van der Waals surface area contributed by atoms with Crippen molar-refractivity contribution in [2.75, 3.05) is 18.3 Å². The van der Waals surface area contributed by atoms with Crippen molar-refractivity contribution in [3.05, 3.63) is 0 Å². The van der Waals surface area contributed by atoms with E-state index in [1.807, 2.05) is 0 Å². The minimum Gasteiger partial charge on any atom is -0.308 e. The van der Waals surface area contributed by atoms with Crippen LogP contribution in [0.5, 0.6) is 0 Å². The van der Waals surface area contributed by atoms with Gasteiger partial charge in [0.15, 0.2) is 16.6 Å². The van der Waals surface area contributed by atoms with Crippen molar-refractivity contribution in [1.29, 1.82) is 0 Å². The van der Waals surface area contributed by atoms with Gasteiger partial charge in [-0.05, 0) is 6.42 Å². The van der Waals surface area contributed by atoms with Crippen molar-refractivity contribution in [2.24, 2.45) is 0 Å². The van der Waals surface area contributed by atoms with Crippen LogP contribution in [0.25, 0.3) is 0 Å². The van der Waals surface area contributed by atoms with Crippen LogP contribution in [-0.2, 0) is 23.4 Å². The van der Waals surface area contributed by atoms with E-state index in [1.165, 1.54) is 0 Å². The molecule has 0 N–H and O–H groups in total. The van der Waals surface area contributed by atoms with Crippen LogP contribution in [0.3, 0.4) is 0 Å². The molecule has 0 radical (unpaired) electrons. The summed E-state index contributed by atoms with van der Waals surface area (Å²) >= 11 is 0. The molecule has 1 atom stereocenters. The lowest BCUT2D eigenvalue weighted by atomic mass is 10.3. The molecule has 7 heteroatoms. The molecule has 0 bridgehead atoms. The summed E-state index contributed by atoms with van der Waals surface area (Å²) < 4.78 is 36.9. The van der Waals surface area contributed by atoms with Gasteiger partial charge in [0, 0.05) is 0 Å². The largest absolute Gasteiger partial charge is 0.337 e. The molecule has 1 unspecified atom stereocenters. The van der Waals surface area contributed by atoms with Gasteiger partial charge in [-0.3, -0.25) is 9.05 Å². The molecule has 2 saturated heterocycles. The fourth-order valence-corrected chi connectivity index (χ4v) is 3.55.